The SMILES string of the molecule is C/C=C(/C)CCS(=O)(=O)CC(C)(C)c1ccccc1. The van der Waals surface area contributed by atoms with Gasteiger partial charge in [0.1, 0.15) is 0 Å². The van der Waals surface area contributed by atoms with Crippen molar-refractivity contribution in [3.05, 3.63) is 47.5 Å². The fraction of sp³-hybridized carbons (Fsp3) is 0.500. The molecule has 0 aromatic heterocycles. The average Bonchev–Trinajstić information content (AvgIpc) is 2.36. The highest BCUT2D eigenvalue weighted by Gasteiger charge is 2.27. The van der Waals surface area contributed by atoms with Crippen molar-refractivity contribution in [2.24, 2.45) is 0 Å². The van der Waals surface area contributed by atoms with Crippen LogP contribution in [0.2, 0.25) is 0 Å². The summed E-state index contributed by atoms with van der Waals surface area (Å²) in [6, 6.07) is 9.84. The first kappa shape index (κ1) is 16.0. The van der Waals surface area contributed by atoms with Gasteiger partial charge in [0.15, 0.2) is 9.84 Å². The van der Waals surface area contributed by atoms with Crippen molar-refractivity contribution in [3.8, 4) is 0 Å². The topological polar surface area (TPSA) is 34.1 Å². The highest BCUT2D eigenvalue weighted by Crippen LogP contribution is 2.25. The number of hydrogen-bond donors (Lipinski definition) is 0. The monoisotopic (exact) mass is 280 g/mol. The van der Waals surface area contributed by atoms with E-state index in [1.165, 1.54) is 0 Å². The molecule has 0 spiro atoms. The van der Waals surface area contributed by atoms with Gasteiger partial charge in [-0.3, -0.25) is 0 Å². The maximum atomic E-state index is 12.2. The van der Waals surface area contributed by atoms with Gasteiger partial charge >= 0.3 is 0 Å². The molecule has 3 heteroatoms. The molecule has 0 aliphatic carbocycles. The average molecular weight is 280 g/mol. The first-order valence-electron chi connectivity index (χ1n) is 6.64. The van der Waals surface area contributed by atoms with Crippen LogP contribution in [-0.4, -0.2) is 19.9 Å². The number of allylic oxidation sites excluding steroid dienone is 2. The van der Waals surface area contributed by atoms with Crippen molar-refractivity contribution in [2.75, 3.05) is 11.5 Å². The molecule has 0 bridgehead atoms. The highest BCUT2D eigenvalue weighted by atomic mass is 32.2. The van der Waals surface area contributed by atoms with Crippen LogP contribution in [0.4, 0.5) is 0 Å². The molecule has 0 saturated heterocycles. The molecule has 0 unspecified atom stereocenters. The van der Waals surface area contributed by atoms with E-state index in [4.69, 9.17) is 0 Å². The molecule has 0 amide bonds. The van der Waals surface area contributed by atoms with E-state index in [2.05, 4.69) is 0 Å². The highest BCUT2D eigenvalue weighted by molar-refractivity contribution is 7.91. The van der Waals surface area contributed by atoms with E-state index in [9.17, 15) is 8.42 Å². The van der Waals surface area contributed by atoms with Crippen LogP contribution in [0, 0.1) is 0 Å². The van der Waals surface area contributed by atoms with Gasteiger partial charge in [0, 0.05) is 5.41 Å². The molecule has 106 valence electrons. The molecular formula is C16H24O2S. The maximum Gasteiger partial charge on any atom is 0.151 e. The minimum Gasteiger partial charge on any atom is -0.229 e. The number of hydrogen-bond acceptors (Lipinski definition) is 2. The lowest BCUT2D eigenvalue weighted by molar-refractivity contribution is 0.547. The fourth-order valence-corrected chi connectivity index (χ4v) is 4.10. The van der Waals surface area contributed by atoms with E-state index in [1.807, 2.05) is 64.1 Å². The summed E-state index contributed by atoms with van der Waals surface area (Å²) in [7, 11) is -3.03. The summed E-state index contributed by atoms with van der Waals surface area (Å²) in [5.74, 6) is 0.431. The van der Waals surface area contributed by atoms with Crippen LogP contribution in [0.25, 0.3) is 0 Å². The molecule has 1 aromatic rings. The third-order valence-electron chi connectivity index (χ3n) is 3.44. The predicted molar refractivity (Wildman–Crippen MR) is 82.2 cm³/mol. The largest absolute Gasteiger partial charge is 0.229 e. The van der Waals surface area contributed by atoms with Crippen LogP contribution in [0.5, 0.6) is 0 Å². The normalized spacial score (nSPS) is 13.6. The summed E-state index contributed by atoms with van der Waals surface area (Å²) < 4.78 is 24.4. The van der Waals surface area contributed by atoms with E-state index in [1.54, 1.807) is 0 Å². The molecule has 0 aliphatic heterocycles. The quantitative estimate of drug-likeness (QED) is 0.744. The molecule has 0 heterocycles. The Hall–Kier alpha value is -1.09. The van der Waals surface area contributed by atoms with Gasteiger partial charge in [-0.2, -0.15) is 0 Å². The lowest BCUT2D eigenvalue weighted by Crippen LogP contribution is -2.29. The van der Waals surface area contributed by atoms with Crippen LogP contribution in [0.1, 0.15) is 39.7 Å². The summed E-state index contributed by atoms with van der Waals surface area (Å²) in [5, 5.41) is 0. The van der Waals surface area contributed by atoms with E-state index in [0.29, 0.717) is 6.42 Å². The Morgan fingerprint density at radius 1 is 1.21 bits per heavy atom. The van der Waals surface area contributed by atoms with Crippen LogP contribution in [0.3, 0.4) is 0 Å². The standard InChI is InChI=1S/C16H24O2S/c1-5-14(2)11-12-19(17,18)13-16(3,4)15-9-7-6-8-10-15/h5-10H,11-13H2,1-4H3/b14-5-. The number of sulfone groups is 1. The van der Waals surface area contributed by atoms with Crippen LogP contribution < -0.4 is 0 Å². The lowest BCUT2D eigenvalue weighted by atomic mass is 9.87. The third kappa shape index (κ3) is 5.19. The molecule has 1 rings (SSSR count). The minimum absolute atomic E-state index is 0.195. The predicted octanol–water partition coefficient (Wildman–Crippen LogP) is 3.74. The molecule has 0 radical (unpaired) electrons. The van der Waals surface area contributed by atoms with E-state index in [-0.39, 0.29) is 16.9 Å². The van der Waals surface area contributed by atoms with Gasteiger partial charge in [0.05, 0.1) is 11.5 Å². The summed E-state index contributed by atoms with van der Waals surface area (Å²) in [6.45, 7) is 7.89. The van der Waals surface area contributed by atoms with Crippen molar-refractivity contribution in [1.82, 2.24) is 0 Å². The molecule has 19 heavy (non-hydrogen) atoms. The van der Waals surface area contributed by atoms with Crippen molar-refractivity contribution >= 4 is 9.84 Å². The maximum absolute atomic E-state index is 12.2. The van der Waals surface area contributed by atoms with Crippen LogP contribution >= 0.6 is 0 Å². The van der Waals surface area contributed by atoms with E-state index in [0.717, 1.165) is 11.1 Å². The zero-order chi connectivity index (χ0) is 14.5. The molecule has 0 saturated carbocycles. The Balaban J connectivity index is 2.77. The van der Waals surface area contributed by atoms with Gasteiger partial charge in [0.25, 0.3) is 0 Å². The summed E-state index contributed by atoms with van der Waals surface area (Å²) >= 11 is 0. The summed E-state index contributed by atoms with van der Waals surface area (Å²) in [6.07, 6.45) is 2.60. The zero-order valence-corrected chi connectivity index (χ0v) is 13.1. The number of benzene rings is 1. The molecule has 0 fully saturated rings. The third-order valence-corrected chi connectivity index (χ3v) is 5.42. The molecule has 0 aliphatic rings. The van der Waals surface area contributed by atoms with Gasteiger partial charge in [-0.15, -0.1) is 0 Å². The number of rotatable bonds is 6. The minimum atomic E-state index is -3.03. The fourth-order valence-electron chi connectivity index (χ4n) is 2.06. The summed E-state index contributed by atoms with van der Waals surface area (Å²) in [5.41, 5.74) is 1.85. The zero-order valence-electron chi connectivity index (χ0n) is 12.3. The molecular weight excluding hydrogens is 256 g/mol. The Kier molecular flexibility index (Phi) is 5.36. The van der Waals surface area contributed by atoms with Gasteiger partial charge < -0.3 is 0 Å². The Labute approximate surface area is 117 Å². The Morgan fingerprint density at radius 3 is 2.32 bits per heavy atom. The Morgan fingerprint density at radius 2 is 1.79 bits per heavy atom. The molecule has 1 aromatic carbocycles. The first-order valence-corrected chi connectivity index (χ1v) is 8.47. The van der Waals surface area contributed by atoms with Crippen molar-refractivity contribution in [1.29, 1.82) is 0 Å². The van der Waals surface area contributed by atoms with Gasteiger partial charge in [-0.1, -0.05) is 55.8 Å². The smallest absolute Gasteiger partial charge is 0.151 e. The first-order chi connectivity index (χ1) is 8.77. The summed E-state index contributed by atoms with van der Waals surface area (Å²) in [4.78, 5) is 0. The van der Waals surface area contributed by atoms with E-state index < -0.39 is 9.84 Å². The molecule has 0 N–H and O–H groups in total. The Bertz CT molecular complexity index is 525. The van der Waals surface area contributed by atoms with Crippen LogP contribution in [0.15, 0.2) is 42.0 Å². The second-order valence-corrected chi connectivity index (χ2v) is 7.91. The van der Waals surface area contributed by atoms with Crippen molar-refractivity contribution in [2.45, 2.75) is 39.5 Å². The lowest BCUT2D eigenvalue weighted by Gasteiger charge is -2.25. The second kappa shape index (κ2) is 6.38. The van der Waals surface area contributed by atoms with Gasteiger partial charge in [0.2, 0.25) is 0 Å². The molecule has 0 atom stereocenters. The molecule has 2 nitrogen and oxygen atoms in total. The van der Waals surface area contributed by atoms with Gasteiger partial charge in [-0.25, -0.2) is 8.42 Å². The van der Waals surface area contributed by atoms with Gasteiger partial charge in [-0.05, 0) is 25.8 Å². The second-order valence-electron chi connectivity index (χ2n) is 5.73. The van der Waals surface area contributed by atoms with Crippen LogP contribution in [-0.2, 0) is 15.3 Å². The van der Waals surface area contributed by atoms with Crippen molar-refractivity contribution in [3.63, 3.8) is 0 Å². The van der Waals surface area contributed by atoms with E-state index >= 15 is 0 Å². The van der Waals surface area contributed by atoms with Crippen molar-refractivity contribution < 1.29 is 8.42 Å².